The summed E-state index contributed by atoms with van der Waals surface area (Å²) in [6.07, 6.45) is 5.30. The highest BCUT2D eigenvalue weighted by molar-refractivity contribution is 7.11. The van der Waals surface area contributed by atoms with Gasteiger partial charge in [-0.25, -0.2) is 0 Å². The van der Waals surface area contributed by atoms with Crippen LogP contribution < -0.4 is 5.32 Å². The number of piperidine rings is 1. The van der Waals surface area contributed by atoms with Gasteiger partial charge in [-0.1, -0.05) is 20.3 Å². The fraction of sp³-hybridized carbons (Fsp3) is 0.733. The van der Waals surface area contributed by atoms with E-state index in [-0.39, 0.29) is 0 Å². The number of hydrogen-bond donors (Lipinski definition) is 1. The largest absolute Gasteiger partial charge is 0.315 e. The van der Waals surface area contributed by atoms with Crippen LogP contribution in [-0.2, 0) is 13.0 Å². The molecule has 0 bridgehead atoms. The van der Waals surface area contributed by atoms with Crippen LogP contribution in [0.2, 0.25) is 0 Å². The Hall–Kier alpha value is -0.380. The van der Waals surface area contributed by atoms with Gasteiger partial charge in [0.1, 0.15) is 0 Å². The molecule has 1 aromatic heterocycles. The molecule has 0 spiro atoms. The minimum Gasteiger partial charge on any atom is -0.315 e. The normalized spacial score (nSPS) is 21.3. The molecule has 0 amide bonds. The highest BCUT2D eigenvalue weighted by atomic mass is 32.1. The Morgan fingerprint density at radius 1 is 1.28 bits per heavy atom. The summed E-state index contributed by atoms with van der Waals surface area (Å²) in [6, 6.07) is 5.36. The van der Waals surface area contributed by atoms with E-state index in [1.54, 1.807) is 0 Å². The summed E-state index contributed by atoms with van der Waals surface area (Å²) < 4.78 is 0. The Kier molecular flexibility index (Phi) is 5.67. The van der Waals surface area contributed by atoms with Crippen molar-refractivity contribution in [1.82, 2.24) is 10.2 Å². The summed E-state index contributed by atoms with van der Waals surface area (Å²) in [7, 11) is 0. The first-order chi connectivity index (χ1) is 8.83. The molecule has 0 aromatic carbocycles. The molecule has 0 saturated carbocycles. The average Bonchev–Trinajstić information content (AvgIpc) is 2.85. The molecule has 2 rings (SSSR count). The van der Waals surface area contributed by atoms with Gasteiger partial charge in [0.25, 0.3) is 0 Å². The van der Waals surface area contributed by atoms with E-state index in [9.17, 15) is 0 Å². The lowest BCUT2D eigenvalue weighted by Crippen LogP contribution is -2.44. The van der Waals surface area contributed by atoms with E-state index in [2.05, 4.69) is 36.2 Å². The van der Waals surface area contributed by atoms with Gasteiger partial charge in [-0.15, -0.1) is 11.3 Å². The van der Waals surface area contributed by atoms with Crippen LogP contribution in [0.15, 0.2) is 12.1 Å². The molecule has 1 unspecified atom stereocenters. The summed E-state index contributed by atoms with van der Waals surface area (Å²) in [5, 5.41) is 3.51. The molecule has 2 nitrogen and oxygen atoms in total. The van der Waals surface area contributed by atoms with Crippen LogP contribution in [0.1, 0.15) is 42.9 Å². The minimum absolute atomic E-state index is 0.742. The predicted octanol–water partition coefficient (Wildman–Crippen LogP) is 3.27. The molecule has 0 aliphatic carbocycles. The molecule has 102 valence electrons. The smallest absolute Gasteiger partial charge is 0.0331 e. The maximum atomic E-state index is 3.51. The fourth-order valence-electron chi connectivity index (χ4n) is 2.71. The molecule has 0 radical (unpaired) electrons. The van der Waals surface area contributed by atoms with E-state index in [0.29, 0.717) is 0 Å². The zero-order chi connectivity index (χ0) is 12.8. The molecular formula is C15H26N2S. The van der Waals surface area contributed by atoms with E-state index in [0.717, 1.165) is 25.7 Å². The third-order valence-electron chi connectivity index (χ3n) is 3.80. The molecule has 1 saturated heterocycles. The van der Waals surface area contributed by atoms with Crippen molar-refractivity contribution in [3.05, 3.63) is 21.9 Å². The lowest BCUT2D eigenvalue weighted by atomic mass is 10.0. The lowest BCUT2D eigenvalue weighted by Gasteiger charge is -2.35. The third kappa shape index (κ3) is 3.81. The zero-order valence-corrected chi connectivity index (χ0v) is 12.6. The standard InChI is InChI=1S/C15H26N2S/c1-3-14-8-9-15(18-14)12-17-10-6-5-7-13(17)11-16-4-2/h8-9,13,16H,3-7,10-12H2,1-2H3. The van der Waals surface area contributed by atoms with Crippen LogP contribution in [-0.4, -0.2) is 30.6 Å². The summed E-state index contributed by atoms with van der Waals surface area (Å²) in [5.41, 5.74) is 0. The van der Waals surface area contributed by atoms with E-state index in [1.165, 1.54) is 42.0 Å². The van der Waals surface area contributed by atoms with Gasteiger partial charge < -0.3 is 5.32 Å². The third-order valence-corrected chi connectivity index (χ3v) is 5.02. The van der Waals surface area contributed by atoms with Crippen molar-refractivity contribution in [3.8, 4) is 0 Å². The molecule has 18 heavy (non-hydrogen) atoms. The topological polar surface area (TPSA) is 15.3 Å². The van der Waals surface area contributed by atoms with E-state index in [4.69, 9.17) is 0 Å². The van der Waals surface area contributed by atoms with E-state index in [1.807, 2.05) is 11.3 Å². The van der Waals surface area contributed by atoms with Crippen molar-refractivity contribution in [1.29, 1.82) is 0 Å². The Morgan fingerprint density at radius 3 is 2.83 bits per heavy atom. The molecular weight excluding hydrogens is 240 g/mol. The first-order valence-electron chi connectivity index (χ1n) is 7.35. The Labute approximate surface area is 115 Å². The highest BCUT2D eigenvalue weighted by Gasteiger charge is 2.22. The zero-order valence-electron chi connectivity index (χ0n) is 11.7. The number of likely N-dealkylation sites (tertiary alicyclic amines) is 1. The molecule has 1 atom stereocenters. The van der Waals surface area contributed by atoms with Gasteiger partial charge >= 0.3 is 0 Å². The molecule has 1 fully saturated rings. The molecule has 1 N–H and O–H groups in total. The van der Waals surface area contributed by atoms with E-state index >= 15 is 0 Å². The van der Waals surface area contributed by atoms with Crippen molar-refractivity contribution < 1.29 is 0 Å². The Bertz CT molecular complexity index is 348. The van der Waals surface area contributed by atoms with Crippen molar-refractivity contribution in [2.24, 2.45) is 0 Å². The Morgan fingerprint density at radius 2 is 2.11 bits per heavy atom. The van der Waals surface area contributed by atoms with Gasteiger partial charge in [0.15, 0.2) is 0 Å². The summed E-state index contributed by atoms with van der Waals surface area (Å²) in [4.78, 5) is 5.73. The summed E-state index contributed by atoms with van der Waals surface area (Å²) in [6.45, 7) is 9.10. The van der Waals surface area contributed by atoms with Crippen LogP contribution in [0.3, 0.4) is 0 Å². The number of nitrogens with zero attached hydrogens (tertiary/aromatic N) is 1. The Balaban J connectivity index is 1.91. The number of aryl methyl sites for hydroxylation is 1. The van der Waals surface area contributed by atoms with Gasteiger partial charge in [0.05, 0.1) is 0 Å². The second kappa shape index (κ2) is 7.27. The molecule has 1 aliphatic rings. The van der Waals surface area contributed by atoms with Crippen LogP contribution in [0.5, 0.6) is 0 Å². The van der Waals surface area contributed by atoms with Gasteiger partial charge in [-0.2, -0.15) is 0 Å². The molecule has 3 heteroatoms. The van der Waals surface area contributed by atoms with Crippen LogP contribution in [0.25, 0.3) is 0 Å². The van der Waals surface area contributed by atoms with Crippen molar-refractivity contribution in [2.45, 2.75) is 52.1 Å². The van der Waals surface area contributed by atoms with Crippen LogP contribution in [0.4, 0.5) is 0 Å². The van der Waals surface area contributed by atoms with Gasteiger partial charge in [0.2, 0.25) is 0 Å². The minimum atomic E-state index is 0.742. The van der Waals surface area contributed by atoms with Crippen molar-refractivity contribution in [3.63, 3.8) is 0 Å². The van der Waals surface area contributed by atoms with Crippen molar-refractivity contribution in [2.75, 3.05) is 19.6 Å². The maximum absolute atomic E-state index is 3.51. The number of likely N-dealkylation sites (N-methyl/N-ethyl adjacent to an activating group) is 1. The van der Waals surface area contributed by atoms with Gasteiger partial charge in [0, 0.05) is 28.9 Å². The first-order valence-corrected chi connectivity index (χ1v) is 8.17. The van der Waals surface area contributed by atoms with Gasteiger partial charge in [-0.05, 0) is 44.5 Å². The number of rotatable bonds is 6. The number of thiophene rings is 1. The van der Waals surface area contributed by atoms with Crippen LogP contribution >= 0.6 is 11.3 Å². The van der Waals surface area contributed by atoms with Gasteiger partial charge in [-0.3, -0.25) is 4.90 Å². The predicted molar refractivity (Wildman–Crippen MR) is 80.3 cm³/mol. The quantitative estimate of drug-likeness (QED) is 0.850. The molecule has 1 aromatic rings. The van der Waals surface area contributed by atoms with E-state index < -0.39 is 0 Å². The number of nitrogens with one attached hydrogen (secondary N) is 1. The summed E-state index contributed by atoms with van der Waals surface area (Å²) in [5.74, 6) is 0. The second-order valence-corrected chi connectivity index (χ2v) is 6.40. The first kappa shape index (κ1) is 14.0. The molecule has 1 aliphatic heterocycles. The second-order valence-electron chi connectivity index (χ2n) is 5.15. The maximum Gasteiger partial charge on any atom is 0.0331 e. The SMILES string of the molecule is CCNCC1CCCCN1Cc1ccc(CC)s1. The van der Waals surface area contributed by atoms with Crippen LogP contribution in [0, 0.1) is 0 Å². The van der Waals surface area contributed by atoms with Crippen molar-refractivity contribution >= 4 is 11.3 Å². The fourth-order valence-corrected chi connectivity index (χ4v) is 3.69. The lowest BCUT2D eigenvalue weighted by molar-refractivity contribution is 0.139. The highest BCUT2D eigenvalue weighted by Crippen LogP contribution is 2.23. The average molecular weight is 266 g/mol. The monoisotopic (exact) mass is 266 g/mol. The summed E-state index contributed by atoms with van der Waals surface area (Å²) >= 11 is 1.99. The molecule has 2 heterocycles. The number of hydrogen-bond acceptors (Lipinski definition) is 3.